The second-order valence-corrected chi connectivity index (χ2v) is 10.5. The van der Waals surface area contributed by atoms with Gasteiger partial charge >= 0.3 is 0 Å². The Kier molecular flexibility index (Phi) is 8.64. The molecule has 3 aromatic carbocycles. The van der Waals surface area contributed by atoms with Crippen molar-refractivity contribution in [2.75, 3.05) is 18.0 Å². The summed E-state index contributed by atoms with van der Waals surface area (Å²) in [7, 11) is -2.71. The van der Waals surface area contributed by atoms with Gasteiger partial charge in [-0.15, -0.1) is 0 Å². The van der Waals surface area contributed by atoms with Gasteiger partial charge in [-0.05, 0) is 62.7 Å². The minimum absolute atomic E-state index is 0.0213. The predicted molar refractivity (Wildman–Crippen MR) is 138 cm³/mol. The Morgan fingerprint density at radius 1 is 1.06 bits per heavy atom. The van der Waals surface area contributed by atoms with Gasteiger partial charge in [-0.3, -0.25) is 9.10 Å². The van der Waals surface area contributed by atoms with Crippen LogP contribution in [0.5, 0.6) is 11.5 Å². The first-order chi connectivity index (χ1) is 16.6. The van der Waals surface area contributed by atoms with E-state index in [1.165, 1.54) is 19.2 Å². The number of methoxy groups -OCH3 is 1. The smallest absolute Gasteiger partial charge is 0.264 e. The molecule has 3 rings (SSSR count). The maximum absolute atomic E-state index is 13.6. The Hall–Kier alpha value is -3.23. The molecule has 0 aliphatic rings. The highest BCUT2D eigenvalue weighted by molar-refractivity contribution is 7.92. The second kappa shape index (κ2) is 11.5. The van der Waals surface area contributed by atoms with E-state index in [1.807, 2.05) is 45.0 Å². The van der Waals surface area contributed by atoms with Crippen molar-refractivity contribution >= 4 is 33.2 Å². The number of rotatable bonds is 10. The van der Waals surface area contributed by atoms with Gasteiger partial charge in [0, 0.05) is 6.54 Å². The number of nitrogens with one attached hydrogen (secondary N) is 1. The lowest BCUT2D eigenvalue weighted by Crippen LogP contribution is -2.40. The summed E-state index contributed by atoms with van der Waals surface area (Å²) < 4.78 is 39.3. The van der Waals surface area contributed by atoms with E-state index in [2.05, 4.69) is 5.32 Å². The first-order valence-electron chi connectivity index (χ1n) is 11.1. The summed E-state index contributed by atoms with van der Waals surface area (Å²) >= 11 is 6.26. The number of anilines is 1. The van der Waals surface area contributed by atoms with Crippen molar-refractivity contribution in [1.82, 2.24) is 5.32 Å². The first kappa shape index (κ1) is 26.4. The maximum atomic E-state index is 13.6. The number of carbonyl (C=O) groups excluding carboxylic acids is 1. The number of amides is 1. The third-order valence-corrected chi connectivity index (χ3v) is 7.15. The Morgan fingerprint density at radius 3 is 2.40 bits per heavy atom. The molecule has 9 heteroatoms. The number of sulfonamides is 1. The van der Waals surface area contributed by atoms with E-state index >= 15 is 0 Å². The molecule has 0 aliphatic carbocycles. The predicted octanol–water partition coefficient (Wildman–Crippen LogP) is 4.96. The number of benzene rings is 3. The van der Waals surface area contributed by atoms with Crippen LogP contribution in [0.3, 0.4) is 0 Å². The zero-order valence-corrected chi connectivity index (χ0v) is 21.7. The minimum Gasteiger partial charge on any atom is -0.493 e. The summed E-state index contributed by atoms with van der Waals surface area (Å²) in [5.41, 5.74) is 1.91. The summed E-state index contributed by atoms with van der Waals surface area (Å²) in [5, 5.41) is 3.02. The fourth-order valence-corrected chi connectivity index (χ4v) is 5.09. The number of ether oxygens (including phenoxy) is 2. The van der Waals surface area contributed by atoms with Gasteiger partial charge in [-0.2, -0.15) is 0 Å². The molecule has 0 atom stereocenters. The summed E-state index contributed by atoms with van der Waals surface area (Å²) in [5.74, 6) is 0.369. The number of halogens is 1. The summed E-state index contributed by atoms with van der Waals surface area (Å²) in [6.45, 7) is 5.47. The first-order valence-corrected chi connectivity index (χ1v) is 12.9. The molecular weight excluding hydrogens is 488 g/mol. The van der Waals surface area contributed by atoms with Crippen LogP contribution in [0.1, 0.15) is 25.0 Å². The van der Waals surface area contributed by atoms with Gasteiger partial charge in [0.25, 0.3) is 10.0 Å². The normalized spacial score (nSPS) is 11.3. The van der Waals surface area contributed by atoms with E-state index in [4.69, 9.17) is 21.1 Å². The van der Waals surface area contributed by atoms with Crippen molar-refractivity contribution in [2.45, 2.75) is 38.3 Å². The van der Waals surface area contributed by atoms with Crippen LogP contribution in [0.4, 0.5) is 5.69 Å². The van der Waals surface area contributed by atoms with Crippen LogP contribution in [0.15, 0.2) is 71.6 Å². The van der Waals surface area contributed by atoms with Gasteiger partial charge in [0.05, 0.1) is 28.8 Å². The Morgan fingerprint density at radius 2 is 1.74 bits per heavy atom. The highest BCUT2D eigenvalue weighted by Crippen LogP contribution is 2.37. The van der Waals surface area contributed by atoms with Crippen molar-refractivity contribution in [3.05, 3.63) is 82.9 Å². The molecular formula is C26H29ClN2O5S. The lowest BCUT2D eigenvalue weighted by atomic mass is 10.2. The zero-order valence-electron chi connectivity index (χ0n) is 20.1. The molecule has 1 N–H and O–H groups in total. The molecule has 7 nitrogen and oxygen atoms in total. The molecule has 0 fully saturated rings. The molecule has 0 radical (unpaired) electrons. The minimum atomic E-state index is -4.10. The second-order valence-electron chi connectivity index (χ2n) is 8.21. The van der Waals surface area contributed by atoms with Crippen LogP contribution >= 0.6 is 11.6 Å². The van der Waals surface area contributed by atoms with Crippen molar-refractivity contribution < 1.29 is 22.7 Å². The zero-order chi connectivity index (χ0) is 25.6. The molecule has 0 aromatic heterocycles. The van der Waals surface area contributed by atoms with Crippen molar-refractivity contribution in [3.63, 3.8) is 0 Å². The number of hydrogen-bond donors (Lipinski definition) is 1. The third-order valence-electron chi connectivity index (χ3n) is 5.08. The van der Waals surface area contributed by atoms with Crippen LogP contribution < -0.4 is 19.1 Å². The average Bonchev–Trinajstić information content (AvgIpc) is 2.81. The third kappa shape index (κ3) is 6.68. The number of carbonyl (C=O) groups is 1. The molecule has 0 unspecified atom stereocenters. The molecule has 0 heterocycles. The highest BCUT2D eigenvalue weighted by Gasteiger charge is 2.30. The molecule has 0 saturated heterocycles. The molecule has 3 aromatic rings. The average molecular weight is 517 g/mol. The van der Waals surface area contributed by atoms with Gasteiger partial charge in [-0.25, -0.2) is 8.42 Å². The van der Waals surface area contributed by atoms with Crippen molar-refractivity contribution in [3.8, 4) is 11.5 Å². The van der Waals surface area contributed by atoms with Crippen molar-refractivity contribution in [2.24, 2.45) is 0 Å². The molecule has 0 bridgehead atoms. The lowest BCUT2D eigenvalue weighted by molar-refractivity contribution is -0.119. The highest BCUT2D eigenvalue weighted by atomic mass is 35.5. The quantitative estimate of drug-likeness (QED) is 0.412. The largest absolute Gasteiger partial charge is 0.493 e. The number of para-hydroxylation sites is 1. The van der Waals surface area contributed by atoms with E-state index in [1.54, 1.807) is 30.3 Å². The van der Waals surface area contributed by atoms with Gasteiger partial charge in [0.1, 0.15) is 12.3 Å². The Labute approximate surface area is 211 Å². The summed E-state index contributed by atoms with van der Waals surface area (Å²) in [4.78, 5) is 13.0. The van der Waals surface area contributed by atoms with E-state index in [9.17, 15) is 13.2 Å². The van der Waals surface area contributed by atoms with Crippen LogP contribution in [0.25, 0.3) is 0 Å². The van der Waals surface area contributed by atoms with Crippen LogP contribution in [0, 0.1) is 6.92 Å². The van der Waals surface area contributed by atoms with E-state index in [0.717, 1.165) is 15.4 Å². The molecule has 35 heavy (non-hydrogen) atoms. The topological polar surface area (TPSA) is 84.9 Å². The monoisotopic (exact) mass is 516 g/mol. The molecule has 1 amide bonds. The number of aryl methyl sites for hydroxylation is 1. The molecule has 186 valence electrons. The van der Waals surface area contributed by atoms with E-state index in [0.29, 0.717) is 5.75 Å². The van der Waals surface area contributed by atoms with Gasteiger partial charge < -0.3 is 14.8 Å². The molecule has 0 saturated carbocycles. The van der Waals surface area contributed by atoms with Crippen LogP contribution in [-0.2, 0) is 21.4 Å². The van der Waals surface area contributed by atoms with E-state index in [-0.39, 0.29) is 34.0 Å². The fourth-order valence-electron chi connectivity index (χ4n) is 3.42. The summed E-state index contributed by atoms with van der Waals surface area (Å²) in [6, 6.07) is 18.5. The number of nitrogens with zero attached hydrogens (tertiary/aromatic N) is 1. The van der Waals surface area contributed by atoms with Crippen molar-refractivity contribution in [1.29, 1.82) is 0 Å². The van der Waals surface area contributed by atoms with Crippen LogP contribution in [-0.4, -0.2) is 34.1 Å². The van der Waals surface area contributed by atoms with Gasteiger partial charge in [0.2, 0.25) is 5.91 Å². The molecule has 0 aliphatic heterocycles. The van der Waals surface area contributed by atoms with Crippen LogP contribution in [0.2, 0.25) is 5.02 Å². The van der Waals surface area contributed by atoms with Gasteiger partial charge in [-0.1, -0.05) is 47.5 Å². The molecule has 0 spiro atoms. The lowest BCUT2D eigenvalue weighted by Gasteiger charge is -2.26. The SMILES string of the molecule is COc1c(Cl)cccc1N(CC(=O)NCc1cccc(OC(C)C)c1)S(=O)(=O)c1ccc(C)cc1. The Balaban J connectivity index is 1.88. The summed E-state index contributed by atoms with van der Waals surface area (Å²) in [6.07, 6.45) is 0.0213. The fraction of sp³-hybridized carbons (Fsp3) is 0.269. The standard InChI is InChI=1S/C26H29ClN2O5S/c1-18(2)34-21-8-5-7-20(15-21)16-28-25(30)17-29(24-10-6-9-23(27)26(24)33-4)35(31,32)22-13-11-19(3)12-14-22/h5-15,18H,16-17H2,1-4H3,(H,28,30). The van der Waals surface area contributed by atoms with E-state index < -0.39 is 22.5 Å². The maximum Gasteiger partial charge on any atom is 0.264 e. The number of hydrogen-bond acceptors (Lipinski definition) is 5. The van der Waals surface area contributed by atoms with Gasteiger partial charge in [0.15, 0.2) is 5.75 Å². The Bertz CT molecular complexity index is 1280.